The van der Waals surface area contributed by atoms with Gasteiger partial charge in [0.2, 0.25) is 5.95 Å². The third-order valence-corrected chi connectivity index (χ3v) is 4.93. The molecule has 140 valence electrons. The molecule has 1 aliphatic rings. The van der Waals surface area contributed by atoms with Crippen molar-refractivity contribution < 1.29 is 4.74 Å². The molecule has 0 aliphatic carbocycles. The highest BCUT2D eigenvalue weighted by Crippen LogP contribution is 2.34. The van der Waals surface area contributed by atoms with Crippen LogP contribution in [0.25, 0.3) is 5.69 Å². The zero-order chi connectivity index (χ0) is 18.8. The Kier molecular flexibility index (Phi) is 4.96. The highest BCUT2D eigenvalue weighted by Gasteiger charge is 2.27. The first-order valence-corrected chi connectivity index (χ1v) is 9.24. The van der Waals surface area contributed by atoms with Crippen LogP contribution in [-0.2, 0) is 4.74 Å². The van der Waals surface area contributed by atoms with Gasteiger partial charge in [0.15, 0.2) is 0 Å². The van der Waals surface area contributed by atoms with Gasteiger partial charge in [-0.1, -0.05) is 17.7 Å². The van der Waals surface area contributed by atoms with Gasteiger partial charge < -0.3 is 15.4 Å². The predicted octanol–water partition coefficient (Wildman–Crippen LogP) is 3.17. The molecular formula is C19H21ClN6O. The van der Waals surface area contributed by atoms with Crippen LogP contribution in [-0.4, -0.2) is 39.5 Å². The van der Waals surface area contributed by atoms with Gasteiger partial charge in [-0.25, -0.2) is 9.67 Å². The molecule has 0 bridgehead atoms. The number of ether oxygens (including phenoxy) is 1. The first kappa shape index (κ1) is 17.8. The van der Waals surface area contributed by atoms with E-state index in [0.717, 1.165) is 35.7 Å². The van der Waals surface area contributed by atoms with E-state index in [9.17, 15) is 0 Å². The highest BCUT2D eigenvalue weighted by molar-refractivity contribution is 6.31. The fourth-order valence-corrected chi connectivity index (χ4v) is 3.68. The van der Waals surface area contributed by atoms with Crippen molar-refractivity contribution in [2.24, 2.45) is 0 Å². The summed E-state index contributed by atoms with van der Waals surface area (Å²) < 4.78 is 7.62. The van der Waals surface area contributed by atoms with Gasteiger partial charge in [0, 0.05) is 42.3 Å². The second kappa shape index (κ2) is 7.54. The number of nitrogens with two attached hydrogens (primary N) is 1. The van der Waals surface area contributed by atoms with Gasteiger partial charge in [0.1, 0.15) is 5.82 Å². The van der Waals surface area contributed by atoms with E-state index < -0.39 is 0 Å². The van der Waals surface area contributed by atoms with Crippen molar-refractivity contribution >= 4 is 23.4 Å². The van der Waals surface area contributed by atoms with Crippen molar-refractivity contribution in [3.05, 3.63) is 59.0 Å². The van der Waals surface area contributed by atoms with E-state index in [1.165, 1.54) is 0 Å². The number of rotatable bonds is 3. The van der Waals surface area contributed by atoms with Gasteiger partial charge in [-0.15, -0.1) is 0 Å². The predicted molar refractivity (Wildman–Crippen MR) is 105 cm³/mol. The van der Waals surface area contributed by atoms with Crippen LogP contribution in [0.2, 0.25) is 5.02 Å². The molecule has 0 unspecified atom stereocenters. The number of benzene rings is 1. The highest BCUT2D eigenvalue weighted by atomic mass is 35.5. The zero-order valence-electron chi connectivity index (χ0n) is 15.0. The third kappa shape index (κ3) is 3.74. The van der Waals surface area contributed by atoms with Crippen LogP contribution >= 0.6 is 11.6 Å². The van der Waals surface area contributed by atoms with Gasteiger partial charge >= 0.3 is 0 Å². The molecule has 2 N–H and O–H groups in total. The molecule has 1 atom stereocenters. The molecule has 3 heterocycles. The summed E-state index contributed by atoms with van der Waals surface area (Å²) in [6.45, 7) is 3.95. The normalized spacial score (nSPS) is 17.7. The molecule has 1 fully saturated rings. The van der Waals surface area contributed by atoms with Crippen molar-refractivity contribution in [3.8, 4) is 5.69 Å². The molecule has 1 aromatic carbocycles. The molecular weight excluding hydrogens is 364 g/mol. The molecule has 1 aliphatic heterocycles. The van der Waals surface area contributed by atoms with Gasteiger partial charge in [-0.3, -0.25) is 0 Å². The summed E-state index contributed by atoms with van der Waals surface area (Å²) in [6, 6.07) is 9.73. The van der Waals surface area contributed by atoms with E-state index in [1.54, 1.807) is 10.9 Å². The summed E-state index contributed by atoms with van der Waals surface area (Å²) in [5.74, 6) is 1.07. The Labute approximate surface area is 162 Å². The van der Waals surface area contributed by atoms with Crippen LogP contribution in [0.4, 0.5) is 11.8 Å². The molecule has 1 saturated heterocycles. The first-order chi connectivity index (χ1) is 13.1. The Hall–Kier alpha value is -2.64. The Bertz CT molecular complexity index is 910. The van der Waals surface area contributed by atoms with Gasteiger partial charge in [0.25, 0.3) is 0 Å². The van der Waals surface area contributed by atoms with Crippen molar-refractivity contribution in [1.29, 1.82) is 0 Å². The summed E-state index contributed by atoms with van der Waals surface area (Å²) in [5, 5.41) is 4.93. The fraction of sp³-hybridized carbons (Fsp3) is 0.316. The molecule has 0 radical (unpaired) electrons. The fourth-order valence-electron chi connectivity index (χ4n) is 3.38. The van der Waals surface area contributed by atoms with Crippen LogP contribution in [0.15, 0.2) is 42.7 Å². The van der Waals surface area contributed by atoms with Crippen LogP contribution in [0.3, 0.4) is 0 Å². The molecule has 0 saturated carbocycles. The number of halogens is 1. The molecule has 27 heavy (non-hydrogen) atoms. The van der Waals surface area contributed by atoms with Crippen molar-refractivity contribution in [1.82, 2.24) is 19.7 Å². The SMILES string of the molecule is Cc1cc(N2CCCOC[C@H]2c2ccc(-n3cccn3)cc2Cl)nc(N)n1. The van der Waals surface area contributed by atoms with Gasteiger partial charge in [0.05, 0.1) is 18.3 Å². The monoisotopic (exact) mass is 384 g/mol. The average molecular weight is 385 g/mol. The number of hydrogen-bond acceptors (Lipinski definition) is 6. The molecule has 3 aromatic rings. The van der Waals surface area contributed by atoms with E-state index in [2.05, 4.69) is 20.0 Å². The van der Waals surface area contributed by atoms with Crippen LogP contribution in [0, 0.1) is 6.92 Å². The van der Waals surface area contributed by atoms with E-state index in [1.807, 2.05) is 43.5 Å². The lowest BCUT2D eigenvalue weighted by molar-refractivity contribution is 0.134. The lowest BCUT2D eigenvalue weighted by Crippen LogP contribution is -2.32. The van der Waals surface area contributed by atoms with Crippen molar-refractivity contribution in [2.75, 3.05) is 30.4 Å². The van der Waals surface area contributed by atoms with E-state index >= 15 is 0 Å². The van der Waals surface area contributed by atoms with Gasteiger partial charge in [-0.05, 0) is 37.1 Å². The van der Waals surface area contributed by atoms with Crippen molar-refractivity contribution in [2.45, 2.75) is 19.4 Å². The maximum absolute atomic E-state index is 6.67. The largest absolute Gasteiger partial charge is 0.379 e. The number of nitrogens with zero attached hydrogens (tertiary/aromatic N) is 5. The number of aromatic nitrogens is 4. The van der Waals surface area contributed by atoms with Crippen LogP contribution in [0.5, 0.6) is 0 Å². The summed E-state index contributed by atoms with van der Waals surface area (Å²) in [6.07, 6.45) is 4.53. The summed E-state index contributed by atoms with van der Waals surface area (Å²) >= 11 is 6.67. The Balaban J connectivity index is 1.72. The maximum atomic E-state index is 6.67. The van der Waals surface area contributed by atoms with Crippen LogP contribution < -0.4 is 10.6 Å². The quantitative estimate of drug-likeness (QED) is 0.746. The Morgan fingerprint density at radius 1 is 1.26 bits per heavy atom. The number of aryl methyl sites for hydroxylation is 1. The van der Waals surface area contributed by atoms with E-state index in [4.69, 9.17) is 22.1 Å². The summed E-state index contributed by atoms with van der Waals surface area (Å²) in [7, 11) is 0. The maximum Gasteiger partial charge on any atom is 0.222 e. The standard InChI is InChI=1S/C19H21ClN6O/c1-13-10-18(24-19(21)23-13)25-7-3-9-27-12-17(25)15-5-4-14(11-16(15)20)26-8-2-6-22-26/h2,4-6,8,10-11,17H,3,7,9,12H2,1H3,(H2,21,23,24)/t17-/m0/s1. The summed E-state index contributed by atoms with van der Waals surface area (Å²) in [4.78, 5) is 10.8. The minimum Gasteiger partial charge on any atom is -0.379 e. The number of hydrogen-bond donors (Lipinski definition) is 1. The third-order valence-electron chi connectivity index (χ3n) is 4.60. The second-order valence-electron chi connectivity index (χ2n) is 6.52. The minimum absolute atomic E-state index is 0.0552. The zero-order valence-corrected chi connectivity index (χ0v) is 15.8. The molecule has 2 aromatic heterocycles. The molecule has 4 rings (SSSR count). The topological polar surface area (TPSA) is 82.1 Å². The lowest BCUT2D eigenvalue weighted by Gasteiger charge is -2.31. The Morgan fingerprint density at radius 2 is 2.15 bits per heavy atom. The second-order valence-corrected chi connectivity index (χ2v) is 6.93. The number of anilines is 2. The summed E-state index contributed by atoms with van der Waals surface area (Å²) in [5.41, 5.74) is 8.62. The smallest absolute Gasteiger partial charge is 0.222 e. The average Bonchev–Trinajstić information content (AvgIpc) is 3.06. The molecule has 0 amide bonds. The van der Waals surface area contributed by atoms with E-state index in [-0.39, 0.29) is 12.0 Å². The first-order valence-electron chi connectivity index (χ1n) is 8.87. The minimum atomic E-state index is -0.0552. The van der Waals surface area contributed by atoms with Crippen LogP contribution in [0.1, 0.15) is 23.7 Å². The molecule has 8 heteroatoms. The molecule has 0 spiro atoms. The van der Waals surface area contributed by atoms with Gasteiger partial charge in [-0.2, -0.15) is 10.1 Å². The number of nitrogen functional groups attached to an aromatic ring is 1. The van der Waals surface area contributed by atoms with E-state index in [0.29, 0.717) is 18.2 Å². The Morgan fingerprint density at radius 3 is 2.89 bits per heavy atom. The van der Waals surface area contributed by atoms with Crippen molar-refractivity contribution in [3.63, 3.8) is 0 Å². The lowest BCUT2D eigenvalue weighted by atomic mass is 10.0. The molecule has 7 nitrogen and oxygen atoms in total.